The largest absolute Gasteiger partial charge is 0.497 e. The van der Waals surface area contributed by atoms with E-state index in [1.54, 1.807) is 32.2 Å². The van der Waals surface area contributed by atoms with Crippen molar-refractivity contribution in [3.05, 3.63) is 47.8 Å². The Morgan fingerprint density at radius 3 is 2.71 bits per heavy atom. The van der Waals surface area contributed by atoms with E-state index in [4.69, 9.17) is 4.74 Å². The molecule has 21 heavy (non-hydrogen) atoms. The molecule has 0 unspecified atom stereocenters. The highest BCUT2D eigenvalue weighted by atomic mass is 32.2. The Bertz CT molecular complexity index is 765. The Morgan fingerprint density at radius 2 is 2.00 bits per heavy atom. The third-order valence-corrected chi connectivity index (χ3v) is 5.86. The van der Waals surface area contributed by atoms with Gasteiger partial charge in [0.15, 0.2) is 0 Å². The topological polar surface area (TPSA) is 51.5 Å². The van der Waals surface area contributed by atoms with Crippen LogP contribution in [0, 0.1) is 6.92 Å². The lowest BCUT2D eigenvalue weighted by molar-refractivity contribution is 0.341. The van der Waals surface area contributed by atoms with E-state index >= 15 is 0 Å². The van der Waals surface area contributed by atoms with Crippen molar-refractivity contribution in [3.8, 4) is 5.75 Å². The molecule has 1 aliphatic heterocycles. The normalized spacial score (nSPS) is 15.7. The Balaban J connectivity index is 1.95. The minimum Gasteiger partial charge on any atom is -0.497 e. The molecular weight excluding hydrogens is 288 g/mol. The summed E-state index contributed by atoms with van der Waals surface area (Å²) in [7, 11) is -1.90. The molecule has 0 N–H and O–H groups in total. The lowest BCUT2D eigenvalue weighted by Gasteiger charge is -2.28. The number of fused-ring (bicyclic) bond motifs is 1. The third kappa shape index (κ3) is 2.45. The fourth-order valence-electron chi connectivity index (χ4n) is 2.67. The lowest BCUT2D eigenvalue weighted by Crippen LogP contribution is -2.38. The molecule has 0 aliphatic carbocycles. The van der Waals surface area contributed by atoms with Gasteiger partial charge in [-0.1, -0.05) is 0 Å². The predicted molar refractivity (Wildman–Crippen MR) is 79.8 cm³/mol. The number of methoxy groups -OCH3 is 1. The fourth-order valence-corrected chi connectivity index (χ4v) is 4.28. The van der Waals surface area contributed by atoms with Crippen molar-refractivity contribution in [3.63, 3.8) is 0 Å². The number of nitrogens with zero attached hydrogens (tertiary/aromatic N) is 2. The molecule has 0 bridgehead atoms. The minimum atomic E-state index is -3.47. The summed E-state index contributed by atoms with van der Waals surface area (Å²) in [6.07, 6.45) is 1.98. The van der Waals surface area contributed by atoms with Gasteiger partial charge < -0.3 is 9.30 Å². The third-order valence-electron chi connectivity index (χ3n) is 3.85. The van der Waals surface area contributed by atoms with Crippen molar-refractivity contribution >= 4 is 10.0 Å². The minimum absolute atomic E-state index is 0.350. The summed E-state index contributed by atoms with van der Waals surface area (Å²) in [5.74, 6) is 0.666. The van der Waals surface area contributed by atoms with E-state index in [0.29, 0.717) is 35.8 Å². The van der Waals surface area contributed by atoms with Crippen LogP contribution in [-0.2, 0) is 23.1 Å². The number of ether oxygens (including phenoxy) is 1. The standard InChI is InChI=1S/C15H18N2O3S/c1-12-10-14(20-2)5-6-15(12)21(18,19)17-9-8-16-7-3-4-13(16)11-17/h3-7,10H,8-9,11H2,1-2H3. The zero-order valence-corrected chi connectivity index (χ0v) is 12.9. The monoisotopic (exact) mass is 306 g/mol. The molecule has 5 nitrogen and oxygen atoms in total. The fraction of sp³-hybridized carbons (Fsp3) is 0.333. The summed E-state index contributed by atoms with van der Waals surface area (Å²) in [6, 6.07) is 8.97. The molecular formula is C15H18N2O3S. The molecule has 0 amide bonds. The van der Waals surface area contributed by atoms with Crippen LogP contribution in [0.25, 0.3) is 0 Å². The van der Waals surface area contributed by atoms with E-state index in [1.807, 2.05) is 18.3 Å². The highest BCUT2D eigenvalue weighted by Crippen LogP contribution is 2.26. The second-order valence-corrected chi connectivity index (χ2v) is 7.07. The Labute approximate surface area is 124 Å². The van der Waals surface area contributed by atoms with Crippen molar-refractivity contribution in [2.75, 3.05) is 13.7 Å². The summed E-state index contributed by atoms with van der Waals surface area (Å²) in [5.41, 5.74) is 1.73. The van der Waals surface area contributed by atoms with Gasteiger partial charge in [0.2, 0.25) is 10.0 Å². The van der Waals surface area contributed by atoms with Crippen LogP contribution in [0.4, 0.5) is 0 Å². The highest BCUT2D eigenvalue weighted by molar-refractivity contribution is 7.89. The van der Waals surface area contributed by atoms with Gasteiger partial charge in [-0.25, -0.2) is 8.42 Å². The van der Waals surface area contributed by atoms with E-state index in [2.05, 4.69) is 4.57 Å². The number of rotatable bonds is 3. The first kappa shape index (κ1) is 14.2. The van der Waals surface area contributed by atoms with Gasteiger partial charge in [-0.3, -0.25) is 0 Å². The van der Waals surface area contributed by atoms with Crippen LogP contribution in [0.2, 0.25) is 0 Å². The molecule has 2 aromatic rings. The molecule has 112 valence electrons. The molecule has 0 radical (unpaired) electrons. The molecule has 1 aliphatic rings. The van der Waals surface area contributed by atoms with E-state index in [-0.39, 0.29) is 0 Å². The Morgan fingerprint density at radius 1 is 1.19 bits per heavy atom. The Kier molecular flexibility index (Phi) is 3.51. The zero-order chi connectivity index (χ0) is 15.0. The number of hydrogen-bond donors (Lipinski definition) is 0. The average molecular weight is 306 g/mol. The van der Waals surface area contributed by atoms with Crippen LogP contribution in [0.3, 0.4) is 0 Å². The van der Waals surface area contributed by atoms with Crippen LogP contribution >= 0.6 is 0 Å². The van der Waals surface area contributed by atoms with E-state index in [0.717, 1.165) is 5.69 Å². The lowest BCUT2D eigenvalue weighted by atomic mass is 10.2. The van der Waals surface area contributed by atoms with Crippen LogP contribution in [0.5, 0.6) is 5.75 Å². The average Bonchev–Trinajstić information content (AvgIpc) is 2.94. The van der Waals surface area contributed by atoms with Crippen LogP contribution in [0.15, 0.2) is 41.4 Å². The van der Waals surface area contributed by atoms with E-state index in [9.17, 15) is 8.42 Å². The van der Waals surface area contributed by atoms with Gasteiger partial charge in [-0.05, 0) is 42.8 Å². The summed E-state index contributed by atoms with van der Waals surface area (Å²) < 4.78 is 34.4. The molecule has 1 aromatic carbocycles. The molecule has 6 heteroatoms. The van der Waals surface area contributed by atoms with Gasteiger partial charge >= 0.3 is 0 Å². The van der Waals surface area contributed by atoms with Crippen molar-refractivity contribution < 1.29 is 13.2 Å². The van der Waals surface area contributed by atoms with Gasteiger partial charge in [0.05, 0.1) is 18.6 Å². The molecule has 0 spiro atoms. The maximum atomic E-state index is 12.8. The quantitative estimate of drug-likeness (QED) is 0.871. The number of sulfonamides is 1. The van der Waals surface area contributed by atoms with Crippen molar-refractivity contribution in [2.45, 2.75) is 24.9 Å². The van der Waals surface area contributed by atoms with Gasteiger partial charge in [0.1, 0.15) is 5.75 Å². The highest BCUT2D eigenvalue weighted by Gasteiger charge is 2.29. The molecule has 0 atom stereocenters. The molecule has 3 rings (SSSR count). The Hall–Kier alpha value is -1.79. The second kappa shape index (κ2) is 5.20. The van der Waals surface area contributed by atoms with Gasteiger partial charge in [0, 0.05) is 25.0 Å². The molecule has 0 fully saturated rings. The first-order valence-corrected chi connectivity index (χ1v) is 8.25. The summed E-state index contributed by atoms with van der Waals surface area (Å²) in [5, 5.41) is 0. The summed E-state index contributed by atoms with van der Waals surface area (Å²) in [6.45, 7) is 3.40. The van der Waals surface area contributed by atoms with Crippen LogP contribution in [0.1, 0.15) is 11.3 Å². The first-order chi connectivity index (χ1) is 10.0. The molecule has 1 aromatic heterocycles. The zero-order valence-electron chi connectivity index (χ0n) is 12.1. The molecule has 0 saturated carbocycles. The van der Waals surface area contributed by atoms with Crippen molar-refractivity contribution in [2.24, 2.45) is 0 Å². The smallest absolute Gasteiger partial charge is 0.243 e. The molecule has 0 saturated heterocycles. The van der Waals surface area contributed by atoms with Crippen molar-refractivity contribution in [1.29, 1.82) is 0 Å². The first-order valence-electron chi connectivity index (χ1n) is 6.81. The number of aromatic nitrogens is 1. The van der Waals surface area contributed by atoms with Gasteiger partial charge in [-0.15, -0.1) is 0 Å². The van der Waals surface area contributed by atoms with E-state index < -0.39 is 10.0 Å². The number of aryl methyl sites for hydroxylation is 1. The van der Waals surface area contributed by atoms with E-state index in [1.165, 1.54) is 4.31 Å². The van der Waals surface area contributed by atoms with Gasteiger partial charge in [0.25, 0.3) is 0 Å². The SMILES string of the molecule is COc1ccc(S(=O)(=O)N2CCn3cccc3C2)c(C)c1. The van der Waals surface area contributed by atoms with Crippen LogP contribution < -0.4 is 4.74 Å². The predicted octanol–water partition coefficient (Wildman–Crippen LogP) is 2.01. The van der Waals surface area contributed by atoms with Crippen molar-refractivity contribution in [1.82, 2.24) is 8.87 Å². The summed E-state index contributed by atoms with van der Waals surface area (Å²) in [4.78, 5) is 0.350. The maximum absolute atomic E-state index is 12.8. The van der Waals surface area contributed by atoms with Gasteiger partial charge in [-0.2, -0.15) is 4.31 Å². The number of hydrogen-bond acceptors (Lipinski definition) is 3. The summed E-state index contributed by atoms with van der Waals surface area (Å²) >= 11 is 0. The second-order valence-electron chi connectivity index (χ2n) is 5.16. The van der Waals surface area contributed by atoms with Crippen LogP contribution in [-0.4, -0.2) is 30.9 Å². The number of benzene rings is 1. The maximum Gasteiger partial charge on any atom is 0.243 e. The molecule has 2 heterocycles.